The zero-order chi connectivity index (χ0) is 58.7. The van der Waals surface area contributed by atoms with Crippen molar-refractivity contribution in [2.75, 3.05) is 74.6 Å². The number of aromatic amines is 1. The van der Waals surface area contributed by atoms with E-state index in [1.807, 2.05) is 88.4 Å². The highest BCUT2D eigenvalue weighted by Gasteiger charge is 2.55. The second kappa shape index (κ2) is 27.5. The standard InChI is InChI=1S/C62H77F2N11O7S/c1-39-55(83-38-67-39)43-14-11-40(12-15-43)35-66-60(81)62(34-48(76)36-68-62)57(79)56(61(2,3)4)70-53(77)10-8-6-5-7-9-21-65-54(78)37-74-22-24-75(25-23-74)47-16-17-49(52(33-47)69-46-19-26-82-27-20-46)59(80)71-58-50-31-41(13-18-51(50)72-73-58)28-42-29-44(63)32-45(64)30-42/h11-18,29-33,38,46,48,56,68-69,76H,5-10,19-28,34-37H2,1-4H3,(H,65,78)(H,66,81)(H,70,77)(H2,71,72,73,80)/t48?,56?,62-/m0/s1. The molecule has 0 bridgehead atoms. The molecule has 9 rings (SSSR count). The molecular formula is C62H77F2N11O7S. The van der Waals surface area contributed by atoms with Crippen LogP contribution in [0.2, 0.25) is 0 Å². The third-order valence-corrected chi connectivity index (χ3v) is 16.8. The van der Waals surface area contributed by atoms with E-state index in [0.717, 1.165) is 77.5 Å². The van der Waals surface area contributed by atoms with Gasteiger partial charge in [-0.3, -0.25) is 39.3 Å². The molecule has 2 aromatic heterocycles. The normalized spacial score (nSPS) is 18.2. The lowest BCUT2D eigenvalue weighted by Gasteiger charge is -2.37. The fourth-order valence-corrected chi connectivity index (χ4v) is 12.0. The minimum Gasteiger partial charge on any atom is -0.392 e. The molecule has 3 aliphatic rings. The molecule has 3 saturated heterocycles. The summed E-state index contributed by atoms with van der Waals surface area (Å²) in [7, 11) is 0. The van der Waals surface area contributed by atoms with Gasteiger partial charge in [0.25, 0.3) is 5.91 Å². The second-order valence-electron chi connectivity index (χ2n) is 23.3. The van der Waals surface area contributed by atoms with E-state index in [4.69, 9.17) is 4.74 Å². The Balaban J connectivity index is 0.690. The number of anilines is 3. The zero-order valence-electron chi connectivity index (χ0n) is 47.8. The monoisotopic (exact) mass is 1160 g/mol. The summed E-state index contributed by atoms with van der Waals surface area (Å²) in [6.07, 6.45) is 5.05. The van der Waals surface area contributed by atoms with E-state index in [9.17, 15) is 37.9 Å². The number of Topliss-reactive ketones (excluding diaryl/α,β-unsaturated/α-hetero) is 1. The number of carbonyl (C=O) groups is 5. The van der Waals surface area contributed by atoms with Crippen LogP contribution >= 0.6 is 11.3 Å². The number of ether oxygens (including phenoxy) is 1. The first-order valence-electron chi connectivity index (χ1n) is 28.9. The molecule has 4 amide bonds. The van der Waals surface area contributed by atoms with Crippen LogP contribution in [0.3, 0.4) is 0 Å². The van der Waals surface area contributed by atoms with E-state index in [1.165, 1.54) is 12.1 Å². The van der Waals surface area contributed by atoms with Crippen molar-refractivity contribution in [3.05, 3.63) is 124 Å². The van der Waals surface area contributed by atoms with Gasteiger partial charge in [-0.05, 0) is 109 Å². The number of aliphatic hydroxyl groups is 1. The number of thiazole rings is 1. The highest BCUT2D eigenvalue weighted by molar-refractivity contribution is 7.13. The average molecular weight is 1160 g/mol. The number of aromatic nitrogens is 3. The lowest BCUT2D eigenvalue weighted by atomic mass is 9.76. The maximum atomic E-state index is 14.4. The number of fused-ring (bicyclic) bond motifs is 1. The highest BCUT2D eigenvalue weighted by atomic mass is 32.1. The van der Waals surface area contributed by atoms with Crippen LogP contribution in [0.5, 0.6) is 0 Å². The van der Waals surface area contributed by atoms with E-state index in [1.54, 1.807) is 16.8 Å². The summed E-state index contributed by atoms with van der Waals surface area (Å²) < 4.78 is 33.5. The first-order chi connectivity index (χ1) is 39.9. The number of nitrogens with zero attached hydrogens (tertiary/aromatic N) is 4. The molecule has 0 aliphatic carbocycles. The topological polar surface area (TPSA) is 235 Å². The second-order valence-corrected chi connectivity index (χ2v) is 24.1. The third-order valence-electron chi connectivity index (χ3n) is 15.9. The molecule has 3 fully saturated rings. The van der Waals surface area contributed by atoms with E-state index >= 15 is 0 Å². The fourth-order valence-electron chi connectivity index (χ4n) is 11.2. The van der Waals surface area contributed by atoms with Gasteiger partial charge in [0.2, 0.25) is 17.7 Å². The predicted octanol–water partition coefficient (Wildman–Crippen LogP) is 7.80. The summed E-state index contributed by atoms with van der Waals surface area (Å²) in [6, 6.07) is 21.7. The van der Waals surface area contributed by atoms with E-state index < -0.39 is 46.4 Å². The molecule has 3 aliphatic heterocycles. The van der Waals surface area contributed by atoms with Crippen molar-refractivity contribution < 1.29 is 42.6 Å². The van der Waals surface area contributed by atoms with Gasteiger partial charge < -0.3 is 41.3 Å². The van der Waals surface area contributed by atoms with Crippen molar-refractivity contribution in [1.29, 1.82) is 0 Å². The largest absolute Gasteiger partial charge is 0.392 e. The molecule has 5 heterocycles. The minimum absolute atomic E-state index is 0.0335. The van der Waals surface area contributed by atoms with Crippen LogP contribution in [-0.4, -0.2) is 137 Å². The summed E-state index contributed by atoms with van der Waals surface area (Å²) in [5, 5.41) is 37.2. The third kappa shape index (κ3) is 15.7. The smallest absolute Gasteiger partial charge is 0.258 e. The van der Waals surface area contributed by atoms with E-state index in [2.05, 4.69) is 56.9 Å². The Morgan fingerprint density at radius 1 is 0.843 bits per heavy atom. The zero-order valence-corrected chi connectivity index (χ0v) is 48.6. The number of hydrogen-bond donors (Lipinski definition) is 8. The number of amides is 4. The quantitative estimate of drug-likeness (QED) is 0.0214. The van der Waals surface area contributed by atoms with Gasteiger partial charge in [-0.15, -0.1) is 11.3 Å². The van der Waals surface area contributed by atoms with Crippen molar-refractivity contribution in [2.45, 2.75) is 122 Å². The summed E-state index contributed by atoms with van der Waals surface area (Å²) in [6.45, 7) is 12.6. The molecule has 3 atom stereocenters. The summed E-state index contributed by atoms with van der Waals surface area (Å²) in [4.78, 5) is 78.7. The van der Waals surface area contributed by atoms with Gasteiger partial charge in [-0.25, -0.2) is 13.8 Å². The van der Waals surface area contributed by atoms with Crippen molar-refractivity contribution in [1.82, 2.24) is 41.3 Å². The molecule has 442 valence electrons. The number of β-amino-alcohol motifs (C(OH)–C–C–N with tert-alkyl or cyclic N) is 1. The molecule has 21 heteroatoms. The summed E-state index contributed by atoms with van der Waals surface area (Å²) in [5.74, 6) is -2.62. The number of unbranched alkanes of at least 4 members (excludes halogenated alkanes) is 4. The number of nitrogens with one attached hydrogen (secondary N) is 7. The Kier molecular flexibility index (Phi) is 20.0. The Hall–Kier alpha value is -7.17. The summed E-state index contributed by atoms with van der Waals surface area (Å²) in [5.41, 5.74) is 6.30. The molecule has 8 N–H and O–H groups in total. The number of carbonyl (C=O) groups excluding carboxylic acids is 5. The maximum Gasteiger partial charge on any atom is 0.258 e. The lowest BCUT2D eigenvalue weighted by molar-refractivity contribution is -0.142. The predicted molar refractivity (Wildman–Crippen MR) is 318 cm³/mol. The molecule has 18 nitrogen and oxygen atoms in total. The highest BCUT2D eigenvalue weighted by Crippen LogP contribution is 2.33. The van der Waals surface area contributed by atoms with Crippen molar-refractivity contribution in [3.63, 3.8) is 0 Å². The summed E-state index contributed by atoms with van der Waals surface area (Å²) >= 11 is 1.56. The van der Waals surface area contributed by atoms with Crippen molar-refractivity contribution in [2.24, 2.45) is 5.41 Å². The SMILES string of the molecule is Cc1ncsc1-c1ccc(CNC(=O)[C@@]2(C(=O)C(NC(=O)CCCCCCCNC(=O)CN3CCN(c4ccc(C(=O)Nc5n[nH]c6ccc(Cc7cc(F)cc(F)c7)cc56)c(NC5CCOCC5)c4)CC3)C(C)(C)C)CC(O)CN2)cc1. The number of aliphatic hydroxyl groups excluding tert-OH is 1. The number of halogens is 2. The molecular weight excluding hydrogens is 1080 g/mol. The molecule has 0 spiro atoms. The van der Waals surface area contributed by atoms with Crippen LogP contribution in [0.15, 0.2) is 84.4 Å². The Morgan fingerprint density at radius 2 is 1.57 bits per heavy atom. The van der Waals surface area contributed by atoms with Gasteiger partial charge in [0, 0.05) is 101 Å². The minimum atomic E-state index is -1.71. The first kappa shape index (κ1) is 60.4. The Bertz CT molecular complexity index is 3220. The Labute approximate surface area is 487 Å². The number of piperazine rings is 1. The number of ketones is 1. The number of aryl methyl sites for hydroxylation is 1. The van der Waals surface area contributed by atoms with Crippen LogP contribution in [0.4, 0.5) is 26.0 Å². The number of hydrogen-bond acceptors (Lipinski definition) is 14. The number of H-pyrrole nitrogens is 1. The molecule has 0 saturated carbocycles. The molecule has 6 aromatic rings. The van der Waals surface area contributed by atoms with Crippen LogP contribution in [0.1, 0.15) is 111 Å². The van der Waals surface area contributed by atoms with Gasteiger partial charge in [-0.1, -0.05) is 70.4 Å². The maximum absolute atomic E-state index is 14.4. The number of benzene rings is 4. The van der Waals surface area contributed by atoms with E-state index in [-0.39, 0.29) is 56.2 Å². The Morgan fingerprint density at radius 3 is 2.27 bits per heavy atom. The molecule has 83 heavy (non-hydrogen) atoms. The van der Waals surface area contributed by atoms with E-state index in [0.29, 0.717) is 92.3 Å². The fraction of sp³-hybridized carbons (Fsp3) is 0.468. The van der Waals surface area contributed by atoms with Crippen LogP contribution in [0.25, 0.3) is 21.3 Å². The molecule has 2 unspecified atom stereocenters. The molecule has 0 radical (unpaired) electrons. The van der Waals surface area contributed by atoms with Gasteiger partial charge in [0.05, 0.1) is 45.9 Å². The average Bonchev–Trinajstić information content (AvgIpc) is 4.44. The van der Waals surface area contributed by atoms with Crippen LogP contribution in [0, 0.1) is 24.0 Å². The molecule has 4 aromatic carbocycles. The van der Waals surface area contributed by atoms with Crippen LogP contribution < -0.4 is 36.8 Å². The van der Waals surface area contributed by atoms with Gasteiger partial charge in [0.15, 0.2) is 17.1 Å². The lowest BCUT2D eigenvalue weighted by Crippen LogP contribution is -2.66. The van der Waals surface area contributed by atoms with Crippen molar-refractivity contribution in [3.8, 4) is 10.4 Å². The van der Waals surface area contributed by atoms with Gasteiger partial charge in [-0.2, -0.15) is 5.10 Å². The van der Waals surface area contributed by atoms with Gasteiger partial charge >= 0.3 is 0 Å². The van der Waals surface area contributed by atoms with Crippen LogP contribution in [-0.2, 0) is 36.9 Å². The number of rotatable bonds is 24. The first-order valence-corrected chi connectivity index (χ1v) is 29.8. The van der Waals surface area contributed by atoms with Gasteiger partial charge in [0.1, 0.15) is 11.6 Å². The van der Waals surface area contributed by atoms with Crippen molar-refractivity contribution >= 4 is 68.8 Å².